The number of alkyl halides is 2. The van der Waals surface area contributed by atoms with Gasteiger partial charge in [0.05, 0.1) is 0 Å². The molecule has 29 heavy (non-hydrogen) atoms. The van der Waals surface area contributed by atoms with E-state index >= 15 is 0 Å². The third-order valence-corrected chi connectivity index (χ3v) is 3.73. The summed E-state index contributed by atoms with van der Waals surface area (Å²) in [6, 6.07) is 20.5. The lowest BCUT2D eigenvalue weighted by atomic mass is 10.2. The largest absolute Gasteiger partial charge is 0.435 e. The second kappa shape index (κ2) is 9.32. The molecule has 3 aromatic rings. The average Bonchev–Trinajstić information content (AvgIpc) is 2.68. The van der Waals surface area contributed by atoms with Crippen molar-refractivity contribution in [3.63, 3.8) is 0 Å². The highest BCUT2D eigenvalue weighted by molar-refractivity contribution is 6.05. The second-order valence-electron chi connectivity index (χ2n) is 5.89. The zero-order valence-electron chi connectivity index (χ0n) is 15.1. The van der Waals surface area contributed by atoms with Crippen LogP contribution in [0.3, 0.4) is 0 Å². The number of hydrogen-bond acceptors (Lipinski definition) is 3. The topological polar surface area (TPSA) is 79.5 Å². The van der Waals surface area contributed by atoms with Crippen molar-refractivity contribution in [1.82, 2.24) is 0 Å². The van der Waals surface area contributed by atoms with E-state index < -0.39 is 18.5 Å². The van der Waals surface area contributed by atoms with E-state index in [9.17, 15) is 18.4 Å². The lowest BCUT2D eigenvalue weighted by Crippen LogP contribution is -2.19. The van der Waals surface area contributed by atoms with Gasteiger partial charge in [-0.2, -0.15) is 8.78 Å². The number of para-hydroxylation sites is 1. The van der Waals surface area contributed by atoms with Gasteiger partial charge < -0.3 is 20.7 Å². The third kappa shape index (κ3) is 6.03. The standard InChI is InChI=1S/C21H17F2N3O3/c22-20(23)29-18-11-4-6-14(12-18)19(27)24-16-9-5-10-17(13-16)26-21(28)25-15-7-2-1-3-8-15/h1-13,20H,(H,24,27)(H2,25,26,28). The summed E-state index contributed by atoms with van der Waals surface area (Å²) in [4.78, 5) is 24.5. The maximum absolute atomic E-state index is 12.4. The summed E-state index contributed by atoms with van der Waals surface area (Å²) in [6.45, 7) is -2.97. The van der Waals surface area contributed by atoms with Gasteiger partial charge in [0.1, 0.15) is 5.75 Å². The lowest BCUT2D eigenvalue weighted by Gasteiger charge is -2.11. The Labute approximate surface area is 165 Å². The predicted octanol–water partition coefficient (Wildman–Crippen LogP) is 5.18. The summed E-state index contributed by atoms with van der Waals surface area (Å²) in [7, 11) is 0. The zero-order chi connectivity index (χ0) is 20.6. The summed E-state index contributed by atoms with van der Waals surface area (Å²) in [5, 5.41) is 8.00. The highest BCUT2D eigenvalue weighted by Gasteiger charge is 2.10. The van der Waals surface area contributed by atoms with Crippen LogP contribution in [0.1, 0.15) is 10.4 Å². The van der Waals surface area contributed by atoms with Crippen LogP contribution in [0.2, 0.25) is 0 Å². The molecule has 3 aromatic carbocycles. The number of rotatable bonds is 6. The van der Waals surface area contributed by atoms with Gasteiger partial charge in [-0.3, -0.25) is 4.79 Å². The molecular weight excluding hydrogens is 380 g/mol. The van der Waals surface area contributed by atoms with E-state index in [-0.39, 0.29) is 11.3 Å². The highest BCUT2D eigenvalue weighted by atomic mass is 19.3. The minimum absolute atomic E-state index is 0.111. The van der Waals surface area contributed by atoms with Gasteiger partial charge in [0.15, 0.2) is 0 Å². The van der Waals surface area contributed by atoms with Crippen LogP contribution in [-0.4, -0.2) is 18.5 Å². The first-order chi connectivity index (χ1) is 14.0. The molecule has 3 amide bonds. The third-order valence-electron chi connectivity index (χ3n) is 3.73. The van der Waals surface area contributed by atoms with Crippen molar-refractivity contribution in [3.05, 3.63) is 84.4 Å². The number of amides is 3. The number of carbonyl (C=O) groups is 2. The molecule has 0 heterocycles. The average molecular weight is 397 g/mol. The smallest absolute Gasteiger partial charge is 0.387 e. The zero-order valence-corrected chi connectivity index (χ0v) is 15.1. The number of halogens is 2. The van der Waals surface area contributed by atoms with Gasteiger partial charge in [0.25, 0.3) is 5.91 Å². The normalized spacial score (nSPS) is 10.3. The molecule has 3 rings (SSSR count). The van der Waals surface area contributed by atoms with Crippen molar-refractivity contribution in [3.8, 4) is 5.75 Å². The fraction of sp³-hybridized carbons (Fsp3) is 0.0476. The second-order valence-corrected chi connectivity index (χ2v) is 5.89. The van der Waals surface area contributed by atoms with E-state index in [1.807, 2.05) is 6.07 Å². The number of benzene rings is 3. The van der Waals surface area contributed by atoms with Crippen LogP contribution in [0, 0.1) is 0 Å². The number of anilines is 3. The summed E-state index contributed by atoms with van der Waals surface area (Å²) >= 11 is 0. The molecule has 0 aliphatic heterocycles. The molecule has 148 valence electrons. The Balaban J connectivity index is 1.63. The van der Waals surface area contributed by atoms with Crippen LogP contribution < -0.4 is 20.7 Å². The predicted molar refractivity (Wildman–Crippen MR) is 107 cm³/mol. The van der Waals surface area contributed by atoms with Crippen molar-refractivity contribution in [2.24, 2.45) is 0 Å². The first kappa shape index (κ1) is 19.8. The monoisotopic (exact) mass is 397 g/mol. The molecule has 0 fully saturated rings. The Morgan fingerprint density at radius 2 is 1.34 bits per heavy atom. The molecule has 8 heteroatoms. The Hall–Kier alpha value is -3.94. The van der Waals surface area contributed by atoms with Crippen LogP contribution in [0.4, 0.5) is 30.6 Å². The summed E-state index contributed by atoms with van der Waals surface area (Å²) in [6.07, 6.45) is 0. The Morgan fingerprint density at radius 1 is 0.724 bits per heavy atom. The van der Waals surface area contributed by atoms with E-state index in [0.717, 1.165) is 0 Å². The van der Waals surface area contributed by atoms with E-state index in [1.54, 1.807) is 48.5 Å². The maximum atomic E-state index is 12.4. The molecule has 0 unspecified atom stereocenters. The first-order valence-electron chi connectivity index (χ1n) is 8.59. The van der Waals surface area contributed by atoms with Gasteiger partial charge >= 0.3 is 12.6 Å². The van der Waals surface area contributed by atoms with Gasteiger partial charge in [0.2, 0.25) is 0 Å². The van der Waals surface area contributed by atoms with Crippen LogP contribution in [0.15, 0.2) is 78.9 Å². The maximum Gasteiger partial charge on any atom is 0.387 e. The molecule has 0 saturated carbocycles. The van der Waals surface area contributed by atoms with Crippen molar-refractivity contribution in [2.45, 2.75) is 6.61 Å². The molecular formula is C21H17F2N3O3. The van der Waals surface area contributed by atoms with Gasteiger partial charge in [-0.15, -0.1) is 0 Å². The van der Waals surface area contributed by atoms with Crippen molar-refractivity contribution >= 4 is 29.0 Å². The van der Waals surface area contributed by atoms with Crippen molar-refractivity contribution < 1.29 is 23.1 Å². The van der Waals surface area contributed by atoms with Crippen molar-refractivity contribution in [2.75, 3.05) is 16.0 Å². The Morgan fingerprint density at radius 3 is 2.07 bits per heavy atom. The van der Waals surface area contributed by atoms with E-state index in [4.69, 9.17) is 0 Å². The molecule has 0 aliphatic rings. The molecule has 0 aliphatic carbocycles. The number of ether oxygens (including phenoxy) is 1. The number of carbonyl (C=O) groups excluding carboxylic acids is 2. The SMILES string of the molecule is O=C(Nc1ccccc1)Nc1cccc(NC(=O)c2cccc(OC(F)F)c2)c1. The summed E-state index contributed by atoms with van der Waals surface area (Å²) in [5.41, 5.74) is 1.68. The van der Waals surface area contributed by atoms with E-state index in [1.165, 1.54) is 24.3 Å². The fourth-order valence-electron chi connectivity index (χ4n) is 2.51. The first-order valence-corrected chi connectivity index (χ1v) is 8.59. The number of nitrogens with one attached hydrogen (secondary N) is 3. The summed E-state index contributed by atoms with van der Waals surface area (Å²) in [5.74, 6) is -0.615. The molecule has 0 atom stereocenters. The lowest BCUT2D eigenvalue weighted by molar-refractivity contribution is -0.0498. The minimum atomic E-state index is -2.97. The molecule has 0 radical (unpaired) electrons. The Kier molecular flexibility index (Phi) is 6.36. The van der Waals surface area contributed by atoms with Crippen molar-refractivity contribution in [1.29, 1.82) is 0 Å². The molecule has 0 saturated heterocycles. The molecule has 3 N–H and O–H groups in total. The van der Waals surface area contributed by atoms with E-state index in [2.05, 4.69) is 20.7 Å². The molecule has 6 nitrogen and oxygen atoms in total. The van der Waals surface area contributed by atoms with Gasteiger partial charge in [0, 0.05) is 22.6 Å². The number of urea groups is 1. The van der Waals surface area contributed by atoms with Gasteiger partial charge in [-0.1, -0.05) is 30.3 Å². The van der Waals surface area contributed by atoms with E-state index in [0.29, 0.717) is 17.1 Å². The minimum Gasteiger partial charge on any atom is -0.435 e. The fourth-order valence-corrected chi connectivity index (χ4v) is 2.51. The molecule has 0 spiro atoms. The quantitative estimate of drug-likeness (QED) is 0.536. The number of hydrogen-bond donors (Lipinski definition) is 3. The van der Waals surface area contributed by atoms with Crippen LogP contribution >= 0.6 is 0 Å². The van der Waals surface area contributed by atoms with Crippen LogP contribution in [0.5, 0.6) is 5.75 Å². The van der Waals surface area contributed by atoms with Crippen LogP contribution in [-0.2, 0) is 0 Å². The summed E-state index contributed by atoms with van der Waals surface area (Å²) < 4.78 is 28.9. The molecule has 0 bridgehead atoms. The van der Waals surface area contributed by atoms with Crippen LogP contribution in [0.25, 0.3) is 0 Å². The van der Waals surface area contributed by atoms with Gasteiger partial charge in [-0.25, -0.2) is 4.79 Å². The highest BCUT2D eigenvalue weighted by Crippen LogP contribution is 2.19. The molecule has 0 aromatic heterocycles. The Bertz CT molecular complexity index is 997. The van der Waals surface area contributed by atoms with Gasteiger partial charge in [-0.05, 0) is 48.5 Å².